The standard InChI is InChI=1S/C15H17FN4/c1-10(2)20-9-13(8-19-20)7-18-15-5-12(6-17)4-14(16)11(15)3/h4-5,8-10,18H,7H2,1-3H3. The van der Waals surface area contributed by atoms with Crippen LogP contribution in [0.25, 0.3) is 0 Å². The van der Waals surface area contributed by atoms with Crippen molar-refractivity contribution in [2.45, 2.75) is 33.4 Å². The van der Waals surface area contributed by atoms with E-state index in [1.54, 1.807) is 19.2 Å². The van der Waals surface area contributed by atoms with E-state index in [-0.39, 0.29) is 5.82 Å². The minimum absolute atomic E-state index is 0.310. The Kier molecular flexibility index (Phi) is 4.04. The number of nitrogens with one attached hydrogen (secondary N) is 1. The summed E-state index contributed by atoms with van der Waals surface area (Å²) in [7, 11) is 0. The Morgan fingerprint density at radius 1 is 1.45 bits per heavy atom. The first-order valence-electron chi connectivity index (χ1n) is 6.48. The minimum Gasteiger partial charge on any atom is -0.381 e. The number of halogens is 1. The summed E-state index contributed by atoms with van der Waals surface area (Å²) in [6, 6.07) is 5.17. The Hall–Kier alpha value is -2.35. The summed E-state index contributed by atoms with van der Waals surface area (Å²) in [6.07, 6.45) is 3.74. The molecule has 104 valence electrons. The molecule has 1 aromatic carbocycles. The third-order valence-electron chi connectivity index (χ3n) is 3.14. The lowest BCUT2D eigenvalue weighted by Gasteiger charge is -2.10. The molecule has 0 unspecified atom stereocenters. The highest BCUT2D eigenvalue weighted by atomic mass is 19.1. The van der Waals surface area contributed by atoms with Crippen molar-refractivity contribution in [3.8, 4) is 6.07 Å². The fourth-order valence-electron chi connectivity index (χ4n) is 1.88. The number of hydrogen-bond donors (Lipinski definition) is 1. The molecule has 0 spiro atoms. The highest BCUT2D eigenvalue weighted by Crippen LogP contribution is 2.21. The molecule has 0 aliphatic carbocycles. The quantitative estimate of drug-likeness (QED) is 0.928. The van der Waals surface area contributed by atoms with Crippen LogP contribution in [0.5, 0.6) is 0 Å². The Bertz CT molecular complexity index is 652. The van der Waals surface area contributed by atoms with Gasteiger partial charge in [0, 0.05) is 35.6 Å². The van der Waals surface area contributed by atoms with E-state index in [1.807, 2.05) is 16.9 Å². The average molecular weight is 272 g/mol. The van der Waals surface area contributed by atoms with Gasteiger partial charge in [0.25, 0.3) is 0 Å². The molecule has 5 heteroatoms. The number of aromatic nitrogens is 2. The zero-order valence-electron chi connectivity index (χ0n) is 11.8. The van der Waals surface area contributed by atoms with Gasteiger partial charge in [-0.25, -0.2) is 4.39 Å². The summed E-state index contributed by atoms with van der Waals surface area (Å²) in [6.45, 7) is 6.35. The smallest absolute Gasteiger partial charge is 0.129 e. The number of anilines is 1. The van der Waals surface area contributed by atoms with Crippen LogP contribution in [0.3, 0.4) is 0 Å². The van der Waals surface area contributed by atoms with Crippen LogP contribution in [0.2, 0.25) is 0 Å². The van der Waals surface area contributed by atoms with Crippen molar-refractivity contribution in [1.82, 2.24) is 9.78 Å². The van der Waals surface area contributed by atoms with Crippen molar-refractivity contribution in [3.05, 3.63) is 47.0 Å². The van der Waals surface area contributed by atoms with Crippen molar-refractivity contribution in [1.29, 1.82) is 5.26 Å². The summed E-state index contributed by atoms with van der Waals surface area (Å²) in [5.74, 6) is -0.371. The lowest BCUT2D eigenvalue weighted by atomic mass is 10.1. The zero-order valence-corrected chi connectivity index (χ0v) is 11.8. The van der Waals surface area contributed by atoms with Crippen LogP contribution in [0, 0.1) is 24.1 Å². The summed E-state index contributed by atoms with van der Waals surface area (Å²) in [5.41, 5.74) is 2.48. The molecular formula is C15H17FN4. The van der Waals surface area contributed by atoms with Crippen LogP contribution in [-0.2, 0) is 6.54 Å². The fraction of sp³-hybridized carbons (Fsp3) is 0.333. The predicted octanol–water partition coefficient (Wildman–Crippen LogP) is 3.40. The van der Waals surface area contributed by atoms with E-state index in [0.29, 0.717) is 29.4 Å². The van der Waals surface area contributed by atoms with Crippen molar-refractivity contribution < 1.29 is 4.39 Å². The number of rotatable bonds is 4. The van der Waals surface area contributed by atoms with Gasteiger partial charge in [0.2, 0.25) is 0 Å². The highest BCUT2D eigenvalue weighted by Gasteiger charge is 2.08. The Balaban J connectivity index is 2.14. The lowest BCUT2D eigenvalue weighted by Crippen LogP contribution is -2.03. The Morgan fingerprint density at radius 2 is 2.20 bits per heavy atom. The van der Waals surface area contributed by atoms with Gasteiger partial charge in [-0.1, -0.05) is 0 Å². The molecule has 0 atom stereocenters. The van der Waals surface area contributed by atoms with Crippen LogP contribution < -0.4 is 5.32 Å². The molecule has 0 amide bonds. The molecule has 0 aliphatic heterocycles. The first kappa shape index (κ1) is 14.1. The summed E-state index contributed by atoms with van der Waals surface area (Å²) in [5, 5.41) is 16.3. The molecule has 1 aromatic heterocycles. The van der Waals surface area contributed by atoms with E-state index in [1.165, 1.54) is 6.07 Å². The maximum absolute atomic E-state index is 13.7. The molecule has 0 fully saturated rings. The van der Waals surface area contributed by atoms with Crippen LogP contribution in [0.4, 0.5) is 10.1 Å². The molecule has 0 bridgehead atoms. The zero-order chi connectivity index (χ0) is 14.7. The molecule has 0 radical (unpaired) electrons. The second-order valence-corrected chi connectivity index (χ2v) is 5.02. The first-order chi connectivity index (χ1) is 9.51. The van der Waals surface area contributed by atoms with Gasteiger partial charge in [-0.05, 0) is 32.9 Å². The number of nitrogens with zero attached hydrogens (tertiary/aromatic N) is 3. The average Bonchev–Trinajstić information content (AvgIpc) is 2.89. The van der Waals surface area contributed by atoms with Crippen molar-refractivity contribution in [2.24, 2.45) is 0 Å². The number of hydrogen-bond acceptors (Lipinski definition) is 3. The second-order valence-electron chi connectivity index (χ2n) is 5.02. The van der Waals surface area contributed by atoms with Crippen molar-refractivity contribution in [2.75, 3.05) is 5.32 Å². The highest BCUT2D eigenvalue weighted by molar-refractivity contribution is 5.56. The van der Waals surface area contributed by atoms with Gasteiger partial charge in [0.05, 0.1) is 17.8 Å². The topological polar surface area (TPSA) is 53.6 Å². The third-order valence-corrected chi connectivity index (χ3v) is 3.14. The minimum atomic E-state index is -0.371. The van der Waals surface area contributed by atoms with Gasteiger partial charge in [0.15, 0.2) is 0 Å². The first-order valence-corrected chi connectivity index (χ1v) is 6.48. The molecule has 2 aromatic rings. The molecule has 2 rings (SSSR count). The third kappa shape index (κ3) is 2.97. The summed E-state index contributed by atoms with van der Waals surface area (Å²) >= 11 is 0. The van der Waals surface area contributed by atoms with E-state index in [4.69, 9.17) is 5.26 Å². The summed E-state index contributed by atoms with van der Waals surface area (Å²) < 4.78 is 15.5. The van der Waals surface area contributed by atoms with Gasteiger partial charge in [-0.2, -0.15) is 10.4 Å². The van der Waals surface area contributed by atoms with Gasteiger partial charge >= 0.3 is 0 Å². The van der Waals surface area contributed by atoms with E-state index >= 15 is 0 Å². The molecule has 0 saturated heterocycles. The normalized spacial score (nSPS) is 10.6. The van der Waals surface area contributed by atoms with E-state index in [2.05, 4.69) is 24.3 Å². The van der Waals surface area contributed by atoms with Gasteiger partial charge < -0.3 is 5.32 Å². The van der Waals surface area contributed by atoms with Gasteiger partial charge in [-0.15, -0.1) is 0 Å². The van der Waals surface area contributed by atoms with Crippen LogP contribution in [0.1, 0.15) is 36.6 Å². The van der Waals surface area contributed by atoms with Crippen LogP contribution >= 0.6 is 0 Å². The van der Waals surface area contributed by atoms with Crippen molar-refractivity contribution in [3.63, 3.8) is 0 Å². The van der Waals surface area contributed by atoms with Crippen LogP contribution in [0.15, 0.2) is 24.5 Å². The SMILES string of the molecule is Cc1c(F)cc(C#N)cc1NCc1cnn(C(C)C)c1. The van der Waals surface area contributed by atoms with Gasteiger partial charge in [-0.3, -0.25) is 4.68 Å². The number of nitriles is 1. The Morgan fingerprint density at radius 3 is 2.80 bits per heavy atom. The lowest BCUT2D eigenvalue weighted by molar-refractivity contribution is 0.532. The van der Waals surface area contributed by atoms with Crippen molar-refractivity contribution >= 4 is 5.69 Å². The Labute approximate surface area is 117 Å². The van der Waals surface area contributed by atoms with Gasteiger partial charge in [0.1, 0.15) is 5.82 Å². The molecule has 1 heterocycles. The molecule has 20 heavy (non-hydrogen) atoms. The molecule has 4 nitrogen and oxygen atoms in total. The number of benzene rings is 1. The molecular weight excluding hydrogens is 255 g/mol. The van der Waals surface area contributed by atoms with E-state index in [9.17, 15) is 4.39 Å². The second kappa shape index (κ2) is 5.74. The fourth-order valence-corrected chi connectivity index (χ4v) is 1.88. The van der Waals surface area contributed by atoms with E-state index in [0.717, 1.165) is 5.56 Å². The molecule has 1 N–H and O–H groups in total. The largest absolute Gasteiger partial charge is 0.381 e. The van der Waals surface area contributed by atoms with E-state index < -0.39 is 0 Å². The maximum atomic E-state index is 13.7. The maximum Gasteiger partial charge on any atom is 0.129 e. The summed E-state index contributed by atoms with van der Waals surface area (Å²) in [4.78, 5) is 0. The molecule has 0 aliphatic rings. The predicted molar refractivity (Wildman–Crippen MR) is 75.8 cm³/mol. The van der Waals surface area contributed by atoms with Crippen LogP contribution in [-0.4, -0.2) is 9.78 Å². The molecule has 0 saturated carbocycles. The monoisotopic (exact) mass is 272 g/mol.